The maximum Gasteiger partial charge on any atom is 0.0348 e. The van der Waals surface area contributed by atoms with Crippen LogP contribution in [-0.2, 0) is 0 Å². The molecule has 0 radical (unpaired) electrons. The molecular formula is C18H12S. The first-order valence-corrected chi connectivity index (χ1v) is 7.26. The number of hydrogen-bond donors (Lipinski definition) is 0. The average Bonchev–Trinajstić information content (AvgIpc) is 3.00. The van der Waals surface area contributed by atoms with Crippen molar-refractivity contribution in [3.8, 4) is 10.4 Å². The van der Waals surface area contributed by atoms with Crippen LogP contribution in [0.5, 0.6) is 0 Å². The lowest BCUT2D eigenvalue weighted by molar-refractivity contribution is 1.75. The zero-order valence-corrected chi connectivity index (χ0v) is 11.2. The van der Waals surface area contributed by atoms with E-state index < -0.39 is 0 Å². The highest BCUT2D eigenvalue weighted by atomic mass is 32.1. The normalized spacial score (nSPS) is 11.2. The van der Waals surface area contributed by atoms with Gasteiger partial charge in [-0.3, -0.25) is 0 Å². The molecule has 3 aromatic carbocycles. The monoisotopic (exact) mass is 260 g/mol. The van der Waals surface area contributed by atoms with Crippen molar-refractivity contribution in [3.63, 3.8) is 0 Å². The van der Waals surface area contributed by atoms with Crippen molar-refractivity contribution in [2.24, 2.45) is 0 Å². The Kier molecular flexibility index (Phi) is 2.39. The van der Waals surface area contributed by atoms with Crippen molar-refractivity contribution in [2.45, 2.75) is 0 Å². The third-order valence-corrected chi connectivity index (χ3v) is 4.48. The molecule has 1 heteroatoms. The minimum absolute atomic E-state index is 1.30. The molecule has 0 spiro atoms. The summed E-state index contributed by atoms with van der Waals surface area (Å²) in [5.41, 5.74) is 1.33. The van der Waals surface area contributed by atoms with E-state index in [1.165, 1.54) is 32.0 Å². The molecule has 90 valence electrons. The molecule has 0 saturated heterocycles. The van der Waals surface area contributed by atoms with Crippen molar-refractivity contribution in [2.75, 3.05) is 0 Å². The van der Waals surface area contributed by atoms with E-state index in [1.54, 1.807) is 11.3 Å². The Hall–Kier alpha value is -2.12. The average molecular weight is 260 g/mol. The number of fused-ring (bicyclic) bond motifs is 3. The number of hydrogen-bond acceptors (Lipinski definition) is 1. The maximum absolute atomic E-state index is 2.24. The second-order valence-corrected chi connectivity index (χ2v) is 5.61. The molecule has 0 saturated carbocycles. The topological polar surface area (TPSA) is 0 Å². The van der Waals surface area contributed by atoms with Crippen LogP contribution < -0.4 is 0 Å². The van der Waals surface area contributed by atoms with Gasteiger partial charge in [0.05, 0.1) is 0 Å². The Labute approximate surface area is 115 Å². The van der Waals surface area contributed by atoms with Crippen molar-refractivity contribution in [1.82, 2.24) is 0 Å². The highest BCUT2D eigenvalue weighted by Gasteiger charge is 2.06. The van der Waals surface area contributed by atoms with E-state index in [-0.39, 0.29) is 0 Å². The number of rotatable bonds is 1. The van der Waals surface area contributed by atoms with Crippen molar-refractivity contribution < 1.29 is 0 Å². The van der Waals surface area contributed by atoms with Gasteiger partial charge in [-0.15, -0.1) is 11.3 Å². The highest BCUT2D eigenvalue weighted by molar-refractivity contribution is 7.13. The van der Waals surface area contributed by atoms with Crippen molar-refractivity contribution in [3.05, 3.63) is 72.1 Å². The molecule has 4 aromatic rings. The second-order valence-electron chi connectivity index (χ2n) is 4.66. The van der Waals surface area contributed by atoms with E-state index in [2.05, 4.69) is 72.1 Å². The molecule has 0 amide bonds. The summed E-state index contributed by atoms with van der Waals surface area (Å²) >= 11 is 1.80. The summed E-state index contributed by atoms with van der Waals surface area (Å²) in [6, 6.07) is 23.9. The molecule has 0 unspecified atom stereocenters. The molecule has 1 aromatic heterocycles. The summed E-state index contributed by atoms with van der Waals surface area (Å²) in [5.74, 6) is 0. The molecule has 0 bridgehead atoms. The fourth-order valence-corrected chi connectivity index (χ4v) is 3.45. The van der Waals surface area contributed by atoms with Gasteiger partial charge in [0, 0.05) is 4.88 Å². The molecule has 0 aliphatic heterocycles. The van der Waals surface area contributed by atoms with Crippen LogP contribution in [0.25, 0.3) is 32.0 Å². The lowest BCUT2D eigenvalue weighted by atomic mass is 9.98. The van der Waals surface area contributed by atoms with E-state index >= 15 is 0 Å². The number of thiophene rings is 1. The molecule has 0 N–H and O–H groups in total. The fourth-order valence-electron chi connectivity index (χ4n) is 2.69. The first-order chi connectivity index (χ1) is 9.43. The van der Waals surface area contributed by atoms with Crippen LogP contribution in [0.4, 0.5) is 0 Å². The Morgan fingerprint density at radius 2 is 1.47 bits per heavy atom. The predicted molar refractivity (Wildman–Crippen MR) is 84.8 cm³/mol. The third-order valence-electron chi connectivity index (χ3n) is 3.57. The Bertz CT molecular complexity index is 857. The lowest BCUT2D eigenvalue weighted by Gasteiger charge is -2.07. The summed E-state index contributed by atoms with van der Waals surface area (Å²) < 4.78 is 0. The van der Waals surface area contributed by atoms with Crippen LogP contribution in [-0.4, -0.2) is 0 Å². The van der Waals surface area contributed by atoms with Gasteiger partial charge < -0.3 is 0 Å². The Balaban J connectivity index is 2.15. The van der Waals surface area contributed by atoms with Gasteiger partial charge >= 0.3 is 0 Å². The fraction of sp³-hybridized carbons (Fsp3) is 0. The van der Waals surface area contributed by atoms with Crippen LogP contribution >= 0.6 is 11.3 Å². The van der Waals surface area contributed by atoms with Crippen LogP contribution in [0.3, 0.4) is 0 Å². The van der Waals surface area contributed by atoms with Crippen LogP contribution in [0, 0.1) is 0 Å². The maximum atomic E-state index is 2.24. The van der Waals surface area contributed by atoms with Gasteiger partial charge in [0.2, 0.25) is 0 Å². The second kappa shape index (κ2) is 4.22. The summed E-state index contributed by atoms with van der Waals surface area (Å²) in [4.78, 5) is 1.33. The van der Waals surface area contributed by atoms with Crippen LogP contribution in [0.2, 0.25) is 0 Å². The van der Waals surface area contributed by atoms with E-state index in [9.17, 15) is 0 Å². The molecule has 0 nitrogen and oxygen atoms in total. The van der Waals surface area contributed by atoms with Gasteiger partial charge in [-0.1, -0.05) is 60.7 Å². The van der Waals surface area contributed by atoms with Crippen LogP contribution in [0.1, 0.15) is 0 Å². The first-order valence-electron chi connectivity index (χ1n) is 6.38. The summed E-state index contributed by atoms with van der Waals surface area (Å²) in [6.45, 7) is 0. The first kappa shape index (κ1) is 10.8. The van der Waals surface area contributed by atoms with Crippen LogP contribution in [0.15, 0.2) is 72.1 Å². The van der Waals surface area contributed by atoms with Crippen molar-refractivity contribution >= 4 is 32.9 Å². The van der Waals surface area contributed by atoms with E-state index in [4.69, 9.17) is 0 Å². The molecule has 1 heterocycles. The van der Waals surface area contributed by atoms with E-state index in [1.807, 2.05) is 0 Å². The van der Waals surface area contributed by atoms with Gasteiger partial charge in [0.1, 0.15) is 0 Å². The number of benzene rings is 3. The van der Waals surface area contributed by atoms with Gasteiger partial charge in [0.15, 0.2) is 0 Å². The molecule has 0 aliphatic carbocycles. The van der Waals surface area contributed by atoms with Gasteiger partial charge in [-0.25, -0.2) is 0 Å². The predicted octanol–water partition coefficient (Wildman–Crippen LogP) is 5.72. The summed E-state index contributed by atoms with van der Waals surface area (Å²) in [5, 5.41) is 7.44. The summed E-state index contributed by atoms with van der Waals surface area (Å²) in [7, 11) is 0. The smallest absolute Gasteiger partial charge is 0.0348 e. The third kappa shape index (κ3) is 1.66. The molecule has 0 aliphatic rings. The molecule has 0 atom stereocenters. The zero-order valence-electron chi connectivity index (χ0n) is 10.3. The Morgan fingerprint density at radius 1 is 0.579 bits per heavy atom. The van der Waals surface area contributed by atoms with Gasteiger partial charge in [0.25, 0.3) is 0 Å². The minimum Gasteiger partial charge on any atom is -0.144 e. The summed E-state index contributed by atoms with van der Waals surface area (Å²) in [6.07, 6.45) is 0. The van der Waals surface area contributed by atoms with E-state index in [0.717, 1.165) is 0 Å². The SMILES string of the molecule is c1csc(-c2cccc3c2ccc2ccccc23)c1. The Morgan fingerprint density at radius 3 is 2.37 bits per heavy atom. The van der Waals surface area contributed by atoms with Gasteiger partial charge in [-0.2, -0.15) is 0 Å². The molecule has 19 heavy (non-hydrogen) atoms. The van der Waals surface area contributed by atoms with Gasteiger partial charge in [-0.05, 0) is 38.6 Å². The zero-order chi connectivity index (χ0) is 12.7. The quantitative estimate of drug-likeness (QED) is 0.384. The largest absolute Gasteiger partial charge is 0.144 e. The molecular weight excluding hydrogens is 248 g/mol. The standard InChI is InChI=1S/C18H12S/c1-2-6-14-13(5-1)10-11-16-15(14)7-3-8-17(16)18-9-4-12-19-18/h1-12H. The van der Waals surface area contributed by atoms with E-state index in [0.29, 0.717) is 0 Å². The molecule has 0 fully saturated rings. The van der Waals surface area contributed by atoms with Crippen molar-refractivity contribution in [1.29, 1.82) is 0 Å². The lowest BCUT2D eigenvalue weighted by Crippen LogP contribution is -1.80. The highest BCUT2D eigenvalue weighted by Crippen LogP contribution is 2.34. The minimum atomic E-state index is 1.30. The molecule has 4 rings (SSSR count).